The van der Waals surface area contributed by atoms with Crippen molar-refractivity contribution in [3.05, 3.63) is 29.6 Å². The minimum Gasteiger partial charge on any atom is -0.357 e. The van der Waals surface area contributed by atoms with Crippen molar-refractivity contribution in [1.82, 2.24) is 34.5 Å². The van der Waals surface area contributed by atoms with E-state index in [-0.39, 0.29) is 11.8 Å². The van der Waals surface area contributed by atoms with Crippen LogP contribution in [0.15, 0.2) is 12.4 Å². The number of hydrogen-bond donors (Lipinski definition) is 1. The lowest BCUT2D eigenvalue weighted by atomic mass is 9.96. The Balaban J connectivity index is 1.72. The molecule has 9 heteroatoms. The van der Waals surface area contributed by atoms with E-state index in [1.54, 1.807) is 19.4 Å². The summed E-state index contributed by atoms with van der Waals surface area (Å²) in [4.78, 5) is 25.0. The molecule has 9 nitrogen and oxygen atoms in total. The van der Waals surface area contributed by atoms with Gasteiger partial charge in [-0.25, -0.2) is 9.97 Å². The summed E-state index contributed by atoms with van der Waals surface area (Å²) < 4.78 is 2.06. The molecule has 140 valence electrons. The topological polar surface area (TPSA) is 92.1 Å². The first-order valence-electron chi connectivity index (χ1n) is 8.81. The smallest absolute Gasteiger partial charge is 0.257 e. The monoisotopic (exact) mass is 358 g/mol. The second-order valence-electron chi connectivity index (χ2n) is 6.91. The van der Waals surface area contributed by atoms with Crippen molar-refractivity contribution in [2.75, 3.05) is 39.5 Å². The highest BCUT2D eigenvalue weighted by Crippen LogP contribution is 2.26. The average molecular weight is 358 g/mol. The van der Waals surface area contributed by atoms with Crippen LogP contribution in [0.1, 0.15) is 40.8 Å². The van der Waals surface area contributed by atoms with Gasteiger partial charge in [0, 0.05) is 45.5 Å². The van der Waals surface area contributed by atoms with Gasteiger partial charge in [0.05, 0.1) is 12.1 Å². The lowest BCUT2D eigenvalue weighted by Crippen LogP contribution is -2.39. The molecule has 0 aliphatic carbocycles. The zero-order valence-corrected chi connectivity index (χ0v) is 15.8. The number of amides is 1. The van der Waals surface area contributed by atoms with E-state index in [2.05, 4.69) is 34.9 Å². The van der Waals surface area contributed by atoms with Crippen LogP contribution in [0.3, 0.4) is 0 Å². The molecular weight excluding hydrogens is 332 g/mol. The van der Waals surface area contributed by atoms with Crippen molar-refractivity contribution >= 4 is 11.9 Å². The third kappa shape index (κ3) is 3.82. The number of anilines is 1. The van der Waals surface area contributed by atoms with E-state index in [1.165, 1.54) is 0 Å². The van der Waals surface area contributed by atoms with Gasteiger partial charge < -0.3 is 19.7 Å². The van der Waals surface area contributed by atoms with Gasteiger partial charge in [0.15, 0.2) is 0 Å². The zero-order valence-electron chi connectivity index (χ0n) is 15.8. The van der Waals surface area contributed by atoms with Crippen LogP contribution >= 0.6 is 0 Å². The number of carbonyl (C=O) groups is 1. The molecule has 0 radical (unpaired) electrons. The number of rotatable bonds is 5. The van der Waals surface area contributed by atoms with Gasteiger partial charge in [-0.05, 0) is 26.9 Å². The van der Waals surface area contributed by atoms with E-state index in [1.807, 2.05) is 26.0 Å². The summed E-state index contributed by atoms with van der Waals surface area (Å²) in [6, 6.07) is 0. The molecule has 0 aromatic carbocycles. The van der Waals surface area contributed by atoms with Gasteiger partial charge >= 0.3 is 0 Å². The summed E-state index contributed by atoms with van der Waals surface area (Å²) in [7, 11) is 7.77. The van der Waals surface area contributed by atoms with Crippen molar-refractivity contribution in [3.8, 4) is 0 Å². The standard InChI is InChI=1S/C17H26N8O/c1-18-17-19-8-13(9-20-17)16(26)25-7-5-6-12(10-25)15-22-21-14(24(15)4)11-23(2)3/h8-9,12H,5-7,10-11H2,1-4H3,(H,18,19,20)/t12-/m1/s1. The zero-order chi connectivity index (χ0) is 18.7. The van der Waals surface area contributed by atoms with Crippen LogP contribution in [0, 0.1) is 0 Å². The van der Waals surface area contributed by atoms with Crippen molar-refractivity contribution in [1.29, 1.82) is 0 Å². The molecule has 0 spiro atoms. The molecule has 2 aromatic rings. The van der Waals surface area contributed by atoms with Crippen LogP contribution in [-0.4, -0.2) is 74.7 Å². The van der Waals surface area contributed by atoms with Crippen LogP contribution in [0.2, 0.25) is 0 Å². The molecule has 1 atom stereocenters. The summed E-state index contributed by atoms with van der Waals surface area (Å²) in [5.41, 5.74) is 0.510. The predicted octanol–water partition coefficient (Wildman–Crippen LogP) is 0.728. The fourth-order valence-corrected chi connectivity index (χ4v) is 3.27. The van der Waals surface area contributed by atoms with Crippen LogP contribution in [-0.2, 0) is 13.6 Å². The molecule has 26 heavy (non-hydrogen) atoms. The van der Waals surface area contributed by atoms with Crippen molar-refractivity contribution in [2.24, 2.45) is 7.05 Å². The van der Waals surface area contributed by atoms with E-state index in [0.29, 0.717) is 18.1 Å². The average Bonchev–Trinajstić information content (AvgIpc) is 3.01. The molecular formula is C17H26N8O. The molecule has 0 bridgehead atoms. The highest BCUT2D eigenvalue weighted by atomic mass is 16.2. The Bertz CT molecular complexity index is 755. The molecule has 1 saturated heterocycles. The fourth-order valence-electron chi connectivity index (χ4n) is 3.27. The molecule has 3 heterocycles. The molecule has 1 amide bonds. The number of hydrogen-bond acceptors (Lipinski definition) is 7. The van der Waals surface area contributed by atoms with E-state index in [9.17, 15) is 4.79 Å². The Morgan fingerprint density at radius 2 is 2.04 bits per heavy atom. The molecule has 1 aliphatic heterocycles. The maximum atomic E-state index is 12.8. The Morgan fingerprint density at radius 3 is 2.69 bits per heavy atom. The highest BCUT2D eigenvalue weighted by Gasteiger charge is 2.29. The molecule has 0 unspecified atom stereocenters. The summed E-state index contributed by atoms with van der Waals surface area (Å²) in [6.45, 7) is 2.13. The molecule has 0 saturated carbocycles. The number of nitrogens with zero attached hydrogens (tertiary/aromatic N) is 7. The quantitative estimate of drug-likeness (QED) is 0.842. The Labute approximate surface area is 153 Å². The normalized spacial score (nSPS) is 17.6. The third-order valence-electron chi connectivity index (χ3n) is 4.65. The van der Waals surface area contributed by atoms with Gasteiger partial charge in [0.1, 0.15) is 11.6 Å². The summed E-state index contributed by atoms with van der Waals surface area (Å²) in [5.74, 6) is 2.54. The minimum absolute atomic E-state index is 0.0342. The predicted molar refractivity (Wildman–Crippen MR) is 97.9 cm³/mol. The first-order valence-corrected chi connectivity index (χ1v) is 8.81. The second kappa shape index (κ2) is 7.77. The maximum Gasteiger partial charge on any atom is 0.257 e. The van der Waals surface area contributed by atoms with Crippen molar-refractivity contribution < 1.29 is 4.79 Å². The highest BCUT2D eigenvalue weighted by molar-refractivity contribution is 5.93. The summed E-state index contributed by atoms with van der Waals surface area (Å²) in [5, 5.41) is 11.6. The number of aromatic nitrogens is 5. The van der Waals surface area contributed by atoms with Crippen LogP contribution in [0.4, 0.5) is 5.95 Å². The SMILES string of the molecule is CNc1ncc(C(=O)N2CCC[C@@H](c3nnc(CN(C)C)n3C)C2)cn1. The lowest BCUT2D eigenvalue weighted by molar-refractivity contribution is 0.0702. The Morgan fingerprint density at radius 1 is 1.31 bits per heavy atom. The first-order chi connectivity index (χ1) is 12.5. The van der Waals surface area contributed by atoms with E-state index in [0.717, 1.165) is 37.6 Å². The van der Waals surface area contributed by atoms with Gasteiger partial charge in [0.2, 0.25) is 5.95 Å². The third-order valence-corrected chi connectivity index (χ3v) is 4.65. The van der Waals surface area contributed by atoms with Gasteiger partial charge in [-0.1, -0.05) is 0 Å². The first kappa shape index (κ1) is 18.2. The molecule has 1 aliphatic rings. The van der Waals surface area contributed by atoms with Crippen molar-refractivity contribution in [2.45, 2.75) is 25.3 Å². The van der Waals surface area contributed by atoms with Crippen LogP contribution in [0.25, 0.3) is 0 Å². The van der Waals surface area contributed by atoms with E-state index >= 15 is 0 Å². The van der Waals surface area contributed by atoms with Gasteiger partial charge in [0.25, 0.3) is 5.91 Å². The number of piperidine rings is 1. The second-order valence-corrected chi connectivity index (χ2v) is 6.91. The van der Waals surface area contributed by atoms with Crippen LogP contribution in [0.5, 0.6) is 0 Å². The number of carbonyl (C=O) groups excluding carboxylic acids is 1. The maximum absolute atomic E-state index is 12.8. The molecule has 1 fully saturated rings. The minimum atomic E-state index is -0.0342. The number of nitrogens with one attached hydrogen (secondary N) is 1. The van der Waals surface area contributed by atoms with Gasteiger partial charge in [-0.15, -0.1) is 10.2 Å². The summed E-state index contributed by atoms with van der Waals surface area (Å²) >= 11 is 0. The molecule has 2 aromatic heterocycles. The largest absolute Gasteiger partial charge is 0.357 e. The van der Waals surface area contributed by atoms with Crippen molar-refractivity contribution in [3.63, 3.8) is 0 Å². The van der Waals surface area contributed by atoms with Gasteiger partial charge in [-0.2, -0.15) is 0 Å². The molecule has 3 rings (SSSR count). The van der Waals surface area contributed by atoms with Gasteiger partial charge in [-0.3, -0.25) is 4.79 Å². The van der Waals surface area contributed by atoms with Crippen LogP contribution < -0.4 is 5.32 Å². The Hall–Kier alpha value is -2.55. The number of likely N-dealkylation sites (tertiary alicyclic amines) is 1. The van der Waals surface area contributed by atoms with E-state index in [4.69, 9.17) is 0 Å². The summed E-state index contributed by atoms with van der Waals surface area (Å²) in [6.07, 6.45) is 5.10. The Kier molecular flexibility index (Phi) is 5.46. The fraction of sp³-hybridized carbons (Fsp3) is 0.588. The molecule has 1 N–H and O–H groups in total. The van der Waals surface area contributed by atoms with E-state index < -0.39 is 0 Å². The lowest BCUT2D eigenvalue weighted by Gasteiger charge is -2.32.